The third-order valence-electron chi connectivity index (χ3n) is 1.34. The lowest BCUT2D eigenvalue weighted by atomic mass is 10.3. The second kappa shape index (κ2) is 2.43. The predicted molar refractivity (Wildman–Crippen MR) is 43.5 cm³/mol. The quantitative estimate of drug-likeness (QED) is 0.495. The molecule has 0 saturated heterocycles. The van der Waals surface area contributed by atoms with Crippen LogP contribution < -0.4 is 0 Å². The van der Waals surface area contributed by atoms with Crippen molar-refractivity contribution in [3.63, 3.8) is 0 Å². The van der Waals surface area contributed by atoms with Crippen LogP contribution in [0.25, 0.3) is 0 Å². The van der Waals surface area contributed by atoms with Crippen LogP contribution in [0.2, 0.25) is 10.4 Å². The first kappa shape index (κ1) is 7.00. The lowest BCUT2D eigenvalue weighted by Gasteiger charge is -1.94. The maximum absolute atomic E-state index is 5.75. The number of aromatic nitrogens is 2. The zero-order valence-electron chi connectivity index (χ0n) is 5.38. The monoisotopic (exact) mass is 187 g/mol. The molecule has 0 aliphatic carbocycles. The second-order valence-electron chi connectivity index (χ2n) is 2.11. The summed E-state index contributed by atoms with van der Waals surface area (Å²) in [5.41, 5.74) is 1.74. The minimum absolute atomic E-state index is 0.167. The number of hydrogen-bond acceptors (Lipinski definition) is 3. The minimum Gasteiger partial charge on any atom is -0.281 e. The molecular weight excluding hydrogens is 185 g/mol. The van der Waals surface area contributed by atoms with Crippen molar-refractivity contribution in [3.8, 4) is 0 Å². The van der Waals surface area contributed by atoms with Crippen LogP contribution in [0, 0.1) is 0 Å². The van der Waals surface area contributed by atoms with E-state index in [0.717, 1.165) is 17.8 Å². The highest BCUT2D eigenvalue weighted by molar-refractivity contribution is 6.35. The molecule has 0 saturated carbocycles. The average molecular weight is 188 g/mol. The van der Waals surface area contributed by atoms with Gasteiger partial charge in [0.05, 0.1) is 17.8 Å². The van der Waals surface area contributed by atoms with Crippen molar-refractivity contribution in [1.29, 1.82) is 0 Å². The lowest BCUT2D eigenvalue weighted by molar-refractivity contribution is 1.16. The first-order valence-electron chi connectivity index (χ1n) is 2.99. The van der Waals surface area contributed by atoms with Crippen LogP contribution in [-0.4, -0.2) is 22.2 Å². The molecule has 0 N–H and O–H groups in total. The van der Waals surface area contributed by atoms with E-state index in [2.05, 4.69) is 15.0 Å². The summed E-state index contributed by atoms with van der Waals surface area (Å²) in [5.74, 6) is 0. The molecule has 0 radical (unpaired) electrons. The van der Waals surface area contributed by atoms with E-state index in [1.807, 2.05) is 0 Å². The number of aliphatic imine (C=N–C) groups is 1. The maximum atomic E-state index is 5.75. The van der Waals surface area contributed by atoms with Gasteiger partial charge in [-0.15, -0.1) is 0 Å². The predicted octanol–water partition coefficient (Wildman–Crippen LogP) is 1.59. The molecule has 1 aromatic rings. The van der Waals surface area contributed by atoms with E-state index in [1.165, 1.54) is 0 Å². The van der Waals surface area contributed by atoms with Crippen LogP contribution in [0.1, 0.15) is 5.56 Å². The Kier molecular flexibility index (Phi) is 1.55. The smallest absolute Gasteiger partial charge is 0.223 e. The standard InChI is InChI=1S/C6H3Cl2N3/c7-5-3(4-2-9-4)1-10-6(8)11-5/h1H,2H2. The van der Waals surface area contributed by atoms with Crippen LogP contribution >= 0.6 is 23.2 Å². The van der Waals surface area contributed by atoms with Crippen LogP contribution in [0.15, 0.2) is 11.2 Å². The van der Waals surface area contributed by atoms with E-state index in [4.69, 9.17) is 23.2 Å². The molecule has 5 heteroatoms. The van der Waals surface area contributed by atoms with Gasteiger partial charge in [-0.1, -0.05) is 11.6 Å². The van der Waals surface area contributed by atoms with E-state index < -0.39 is 0 Å². The van der Waals surface area contributed by atoms with E-state index in [1.54, 1.807) is 6.20 Å². The third-order valence-corrected chi connectivity index (χ3v) is 1.81. The maximum Gasteiger partial charge on any atom is 0.223 e. The molecule has 0 fully saturated rings. The normalized spacial score (nSPS) is 14.5. The van der Waals surface area contributed by atoms with Crippen molar-refractivity contribution < 1.29 is 0 Å². The van der Waals surface area contributed by atoms with Crippen LogP contribution in [0.4, 0.5) is 0 Å². The highest BCUT2D eigenvalue weighted by Gasteiger charge is 2.17. The van der Waals surface area contributed by atoms with Gasteiger partial charge in [-0.3, -0.25) is 4.99 Å². The van der Waals surface area contributed by atoms with Gasteiger partial charge in [0, 0.05) is 6.20 Å². The molecule has 1 aliphatic rings. The van der Waals surface area contributed by atoms with Gasteiger partial charge in [-0.25, -0.2) is 9.97 Å². The Morgan fingerprint density at radius 1 is 1.36 bits per heavy atom. The Balaban J connectivity index is 2.48. The fourth-order valence-electron chi connectivity index (χ4n) is 0.745. The summed E-state index contributed by atoms with van der Waals surface area (Å²) in [6.45, 7) is 0.741. The number of nitrogens with zero attached hydrogens (tertiary/aromatic N) is 3. The second-order valence-corrected chi connectivity index (χ2v) is 2.80. The van der Waals surface area contributed by atoms with Crippen molar-refractivity contribution in [3.05, 3.63) is 22.2 Å². The Hall–Kier alpha value is -0.670. The van der Waals surface area contributed by atoms with Crippen molar-refractivity contribution >= 4 is 28.9 Å². The SMILES string of the molecule is Clc1ncc(C2=NC2)c(Cl)n1. The summed E-state index contributed by atoms with van der Waals surface area (Å²) >= 11 is 11.2. The van der Waals surface area contributed by atoms with Gasteiger partial charge in [0.25, 0.3) is 0 Å². The topological polar surface area (TPSA) is 38.1 Å². The summed E-state index contributed by atoms with van der Waals surface area (Å²) in [5, 5.41) is 0.543. The fraction of sp³-hybridized carbons (Fsp3) is 0.167. The molecule has 2 rings (SSSR count). The summed E-state index contributed by atoms with van der Waals surface area (Å²) in [7, 11) is 0. The van der Waals surface area contributed by atoms with Gasteiger partial charge in [-0.2, -0.15) is 0 Å². The number of rotatable bonds is 1. The molecule has 2 heterocycles. The number of hydrogen-bond donors (Lipinski definition) is 0. The first-order chi connectivity index (χ1) is 5.27. The molecule has 56 valence electrons. The lowest BCUT2D eigenvalue weighted by Crippen LogP contribution is -1.94. The highest BCUT2D eigenvalue weighted by Crippen LogP contribution is 2.19. The molecule has 0 aromatic carbocycles. The molecule has 0 unspecified atom stereocenters. The number of halogens is 2. The summed E-state index contributed by atoms with van der Waals surface area (Å²) in [6, 6.07) is 0. The van der Waals surface area contributed by atoms with E-state index in [-0.39, 0.29) is 5.28 Å². The van der Waals surface area contributed by atoms with Crippen molar-refractivity contribution in [2.45, 2.75) is 0 Å². The van der Waals surface area contributed by atoms with Gasteiger partial charge in [-0.05, 0) is 11.6 Å². The van der Waals surface area contributed by atoms with Crippen molar-refractivity contribution in [1.82, 2.24) is 9.97 Å². The Bertz CT molecular complexity index is 335. The van der Waals surface area contributed by atoms with E-state index >= 15 is 0 Å². The largest absolute Gasteiger partial charge is 0.281 e. The summed E-state index contributed by atoms with van der Waals surface area (Å²) in [4.78, 5) is 11.5. The molecule has 0 atom stereocenters. The summed E-state index contributed by atoms with van der Waals surface area (Å²) in [6.07, 6.45) is 1.59. The molecule has 0 spiro atoms. The van der Waals surface area contributed by atoms with Crippen molar-refractivity contribution in [2.75, 3.05) is 6.54 Å². The highest BCUT2D eigenvalue weighted by atomic mass is 35.5. The minimum atomic E-state index is 0.167. The van der Waals surface area contributed by atoms with E-state index in [9.17, 15) is 0 Å². The van der Waals surface area contributed by atoms with Gasteiger partial charge >= 0.3 is 0 Å². The summed E-state index contributed by atoms with van der Waals surface area (Å²) < 4.78 is 0. The van der Waals surface area contributed by atoms with Gasteiger partial charge in [0.2, 0.25) is 5.28 Å². The van der Waals surface area contributed by atoms with Crippen LogP contribution in [-0.2, 0) is 0 Å². The van der Waals surface area contributed by atoms with E-state index in [0.29, 0.717) is 5.15 Å². The molecular formula is C6H3Cl2N3. The molecule has 1 aromatic heterocycles. The zero-order valence-corrected chi connectivity index (χ0v) is 6.89. The Morgan fingerprint density at radius 2 is 2.09 bits per heavy atom. The Morgan fingerprint density at radius 3 is 2.64 bits per heavy atom. The van der Waals surface area contributed by atoms with Crippen molar-refractivity contribution in [2.24, 2.45) is 4.99 Å². The molecule has 0 bridgehead atoms. The van der Waals surface area contributed by atoms with Crippen LogP contribution in [0.5, 0.6) is 0 Å². The fourth-order valence-corrected chi connectivity index (χ4v) is 1.16. The van der Waals surface area contributed by atoms with Gasteiger partial charge in [0.1, 0.15) is 5.15 Å². The zero-order chi connectivity index (χ0) is 7.84. The van der Waals surface area contributed by atoms with Gasteiger partial charge in [0.15, 0.2) is 0 Å². The third kappa shape index (κ3) is 1.34. The van der Waals surface area contributed by atoms with Gasteiger partial charge < -0.3 is 0 Å². The van der Waals surface area contributed by atoms with Crippen LogP contribution in [0.3, 0.4) is 0 Å². The average Bonchev–Trinajstić information content (AvgIpc) is 2.70. The first-order valence-corrected chi connectivity index (χ1v) is 3.74. The molecule has 11 heavy (non-hydrogen) atoms. The molecule has 3 nitrogen and oxygen atoms in total. The Labute approximate surface area is 73.1 Å². The molecule has 0 amide bonds. The molecule has 1 aliphatic heterocycles.